The fourth-order valence-electron chi connectivity index (χ4n) is 3.42. The molecule has 0 aliphatic heterocycles. The van der Waals surface area contributed by atoms with Gasteiger partial charge in [-0.05, 0) is 42.8 Å². The lowest BCUT2D eigenvalue weighted by molar-refractivity contribution is 0.305. The fourth-order valence-corrected chi connectivity index (χ4v) is 5.06. The first-order valence-corrected chi connectivity index (χ1v) is 12.5. The van der Waals surface area contributed by atoms with Gasteiger partial charge >= 0.3 is 0 Å². The van der Waals surface area contributed by atoms with Crippen molar-refractivity contribution < 1.29 is 13.5 Å². The maximum Gasteiger partial charge on any atom is 0.192 e. The number of ether oxygens (including phenoxy) is 1. The van der Waals surface area contributed by atoms with Gasteiger partial charge in [0.05, 0.1) is 24.1 Å². The Labute approximate surface area is 204 Å². The predicted octanol–water partition coefficient (Wildman–Crippen LogP) is 6.36. The molecule has 6 nitrogen and oxygen atoms in total. The van der Waals surface area contributed by atoms with Crippen molar-refractivity contribution in [3.05, 3.63) is 100 Å². The van der Waals surface area contributed by atoms with E-state index in [4.69, 9.17) is 9.15 Å². The smallest absolute Gasteiger partial charge is 0.192 e. The van der Waals surface area contributed by atoms with Crippen LogP contribution in [0.2, 0.25) is 0 Å². The molecule has 0 aliphatic carbocycles. The normalized spacial score (nSPS) is 11.1. The number of furan rings is 1. The second-order valence-corrected chi connectivity index (χ2v) is 9.42. The Kier molecular flexibility index (Phi) is 6.73. The van der Waals surface area contributed by atoms with Crippen LogP contribution in [0.25, 0.3) is 11.4 Å². The zero-order chi connectivity index (χ0) is 23.3. The number of thiazole rings is 1. The molecule has 0 amide bonds. The van der Waals surface area contributed by atoms with E-state index < -0.39 is 0 Å². The van der Waals surface area contributed by atoms with E-state index in [0.29, 0.717) is 24.7 Å². The highest BCUT2D eigenvalue weighted by Gasteiger charge is 2.18. The van der Waals surface area contributed by atoms with Crippen molar-refractivity contribution in [3.63, 3.8) is 0 Å². The summed E-state index contributed by atoms with van der Waals surface area (Å²) in [5, 5.41) is 12.6. The third-order valence-corrected chi connectivity index (χ3v) is 7.00. The zero-order valence-electron chi connectivity index (χ0n) is 18.3. The topological polar surface area (TPSA) is 66.0 Å². The molecule has 3 heterocycles. The van der Waals surface area contributed by atoms with Gasteiger partial charge < -0.3 is 9.15 Å². The molecule has 9 heteroatoms. The molecule has 0 saturated heterocycles. The first-order chi connectivity index (χ1) is 16.7. The second-order valence-electron chi connectivity index (χ2n) is 7.53. The number of aromatic nitrogens is 4. The minimum absolute atomic E-state index is 0.285. The van der Waals surface area contributed by atoms with Crippen molar-refractivity contribution >= 4 is 23.1 Å². The van der Waals surface area contributed by atoms with Gasteiger partial charge in [-0.1, -0.05) is 42.1 Å². The summed E-state index contributed by atoms with van der Waals surface area (Å²) in [5.41, 5.74) is 3.05. The van der Waals surface area contributed by atoms with Crippen LogP contribution in [-0.2, 0) is 18.9 Å². The van der Waals surface area contributed by atoms with Gasteiger partial charge in [-0.2, -0.15) is 0 Å². The molecule has 0 atom stereocenters. The van der Waals surface area contributed by atoms with Crippen LogP contribution >= 0.6 is 23.1 Å². The van der Waals surface area contributed by atoms with Crippen LogP contribution in [0.3, 0.4) is 0 Å². The molecule has 2 aromatic carbocycles. The van der Waals surface area contributed by atoms with E-state index in [0.717, 1.165) is 33.0 Å². The van der Waals surface area contributed by atoms with Gasteiger partial charge in [0.1, 0.15) is 28.9 Å². The number of rotatable bonds is 9. The summed E-state index contributed by atoms with van der Waals surface area (Å²) in [6, 6.07) is 18.1. The molecular weight excluding hydrogens is 471 g/mol. The Hall–Kier alpha value is -3.43. The highest BCUT2D eigenvalue weighted by atomic mass is 32.2. The summed E-state index contributed by atoms with van der Waals surface area (Å²) in [5.74, 6) is 2.58. The van der Waals surface area contributed by atoms with Crippen LogP contribution in [-0.4, -0.2) is 19.7 Å². The predicted molar refractivity (Wildman–Crippen MR) is 130 cm³/mol. The lowest BCUT2D eigenvalue weighted by atomic mass is 10.2. The maximum absolute atomic E-state index is 13.0. The van der Waals surface area contributed by atoms with Crippen LogP contribution in [0, 0.1) is 12.7 Å². The lowest BCUT2D eigenvalue weighted by Crippen LogP contribution is -2.04. The van der Waals surface area contributed by atoms with E-state index in [1.54, 1.807) is 41.5 Å². The highest BCUT2D eigenvalue weighted by molar-refractivity contribution is 7.98. The summed E-state index contributed by atoms with van der Waals surface area (Å²) >= 11 is 3.13. The molecule has 0 radical (unpaired) electrons. The highest BCUT2D eigenvalue weighted by Crippen LogP contribution is 2.30. The van der Waals surface area contributed by atoms with Crippen LogP contribution in [0.5, 0.6) is 5.75 Å². The van der Waals surface area contributed by atoms with Crippen molar-refractivity contribution in [1.82, 2.24) is 19.7 Å². The molecule has 0 bridgehead atoms. The van der Waals surface area contributed by atoms with Gasteiger partial charge in [0.15, 0.2) is 11.0 Å². The van der Waals surface area contributed by atoms with E-state index in [1.807, 2.05) is 36.6 Å². The van der Waals surface area contributed by atoms with Crippen LogP contribution in [0.1, 0.15) is 22.0 Å². The third-order valence-electron chi connectivity index (χ3n) is 5.12. The second kappa shape index (κ2) is 10.2. The Morgan fingerprint density at radius 1 is 1.06 bits per heavy atom. The van der Waals surface area contributed by atoms with Crippen molar-refractivity contribution in [3.8, 4) is 17.1 Å². The molecule has 5 aromatic rings. The number of nitrogens with zero attached hydrogens (tertiary/aromatic N) is 4. The minimum Gasteiger partial charge on any atom is -0.486 e. The molecule has 0 fully saturated rings. The van der Waals surface area contributed by atoms with Crippen LogP contribution in [0.15, 0.2) is 81.9 Å². The monoisotopic (exact) mass is 492 g/mol. The zero-order valence-corrected chi connectivity index (χ0v) is 20.0. The molecule has 0 N–H and O–H groups in total. The lowest BCUT2D eigenvalue weighted by Gasteiger charge is -2.10. The van der Waals surface area contributed by atoms with E-state index in [1.165, 1.54) is 17.7 Å². The van der Waals surface area contributed by atoms with E-state index in [9.17, 15) is 4.39 Å². The summed E-state index contributed by atoms with van der Waals surface area (Å²) in [6.07, 6.45) is 1.67. The summed E-state index contributed by atoms with van der Waals surface area (Å²) < 4.78 is 26.4. The quantitative estimate of drug-likeness (QED) is 0.223. The first-order valence-electron chi connectivity index (χ1n) is 10.6. The Balaban J connectivity index is 1.29. The Morgan fingerprint density at radius 2 is 1.88 bits per heavy atom. The summed E-state index contributed by atoms with van der Waals surface area (Å²) in [7, 11) is 0. The average molecular weight is 493 g/mol. The molecule has 0 spiro atoms. The average Bonchev–Trinajstić information content (AvgIpc) is 3.58. The van der Waals surface area contributed by atoms with Gasteiger partial charge in [0.25, 0.3) is 0 Å². The first kappa shape index (κ1) is 22.4. The maximum atomic E-state index is 13.0. The SMILES string of the molecule is Cc1occc1-c1nnc(SCc2csc(COc3ccc(F)cc3)n2)n1Cc1ccccc1. The number of aryl methyl sites for hydroxylation is 1. The summed E-state index contributed by atoms with van der Waals surface area (Å²) in [4.78, 5) is 4.67. The molecule has 34 heavy (non-hydrogen) atoms. The number of halogens is 1. The molecular formula is C25H21FN4O2S2. The minimum atomic E-state index is -0.285. The Morgan fingerprint density at radius 3 is 2.65 bits per heavy atom. The largest absolute Gasteiger partial charge is 0.486 e. The number of thioether (sulfide) groups is 1. The molecule has 3 aromatic heterocycles. The van der Waals surface area contributed by atoms with Gasteiger partial charge in [0, 0.05) is 11.1 Å². The van der Waals surface area contributed by atoms with E-state index in [2.05, 4.69) is 31.9 Å². The molecule has 172 valence electrons. The third kappa shape index (κ3) is 5.21. The number of hydrogen-bond donors (Lipinski definition) is 0. The van der Waals surface area contributed by atoms with Crippen molar-refractivity contribution in [2.45, 2.75) is 31.0 Å². The molecule has 0 unspecified atom stereocenters. The van der Waals surface area contributed by atoms with Gasteiger partial charge in [-0.25, -0.2) is 9.37 Å². The van der Waals surface area contributed by atoms with Gasteiger partial charge in [0.2, 0.25) is 0 Å². The van der Waals surface area contributed by atoms with E-state index in [-0.39, 0.29) is 5.82 Å². The fraction of sp³-hybridized carbons (Fsp3) is 0.160. The van der Waals surface area contributed by atoms with Gasteiger partial charge in [-0.15, -0.1) is 21.5 Å². The van der Waals surface area contributed by atoms with Crippen LogP contribution in [0.4, 0.5) is 4.39 Å². The standard InChI is InChI=1S/C25H21FN4O2S2/c1-17-22(11-12-31-17)24-28-29-25(30(24)13-18-5-3-2-4-6-18)34-16-20-15-33-23(27-20)14-32-21-9-7-19(26)8-10-21/h2-12,15H,13-14,16H2,1H3. The molecule has 0 aliphatic rings. The van der Waals surface area contributed by atoms with E-state index >= 15 is 0 Å². The molecule has 5 rings (SSSR count). The summed E-state index contributed by atoms with van der Waals surface area (Å²) in [6.45, 7) is 2.92. The van der Waals surface area contributed by atoms with Crippen LogP contribution < -0.4 is 4.74 Å². The van der Waals surface area contributed by atoms with Gasteiger partial charge in [-0.3, -0.25) is 4.57 Å². The van der Waals surface area contributed by atoms with Crippen molar-refractivity contribution in [2.24, 2.45) is 0 Å². The molecule has 0 saturated carbocycles. The number of benzene rings is 2. The van der Waals surface area contributed by atoms with Crippen molar-refractivity contribution in [2.75, 3.05) is 0 Å². The Bertz CT molecular complexity index is 1360. The number of hydrogen-bond acceptors (Lipinski definition) is 7. The van der Waals surface area contributed by atoms with Crippen molar-refractivity contribution in [1.29, 1.82) is 0 Å².